The number of ether oxygens (including phenoxy) is 1. The summed E-state index contributed by atoms with van der Waals surface area (Å²) in [5, 5.41) is 3.76. The third kappa shape index (κ3) is 2.43. The highest BCUT2D eigenvalue weighted by molar-refractivity contribution is 5.56. The standard InChI is InChI=1S/C9H11FN2O/c1-3-11-12-7-4-5-9(13-2)8(10)6-7/h3-6,12H,1-2H3. The monoisotopic (exact) mass is 182 g/mol. The van der Waals surface area contributed by atoms with Crippen LogP contribution >= 0.6 is 0 Å². The molecule has 0 spiro atoms. The van der Waals surface area contributed by atoms with Crippen LogP contribution in [0.2, 0.25) is 0 Å². The molecule has 4 heteroatoms. The number of halogens is 1. The molecule has 0 bridgehead atoms. The second-order valence-electron chi connectivity index (χ2n) is 2.35. The minimum absolute atomic E-state index is 0.228. The third-order valence-electron chi connectivity index (χ3n) is 1.47. The first-order valence-corrected chi connectivity index (χ1v) is 3.85. The average Bonchev–Trinajstić information content (AvgIpc) is 2.15. The number of rotatable bonds is 3. The number of benzene rings is 1. The van der Waals surface area contributed by atoms with Crippen molar-refractivity contribution in [1.29, 1.82) is 0 Å². The van der Waals surface area contributed by atoms with Gasteiger partial charge in [0.1, 0.15) is 0 Å². The third-order valence-corrected chi connectivity index (χ3v) is 1.47. The van der Waals surface area contributed by atoms with Crippen LogP contribution in [0.25, 0.3) is 0 Å². The maximum atomic E-state index is 13.1. The second kappa shape index (κ2) is 4.45. The fourth-order valence-electron chi connectivity index (χ4n) is 0.875. The van der Waals surface area contributed by atoms with Gasteiger partial charge in [0.2, 0.25) is 0 Å². The summed E-state index contributed by atoms with van der Waals surface area (Å²) >= 11 is 0. The molecule has 0 amide bonds. The van der Waals surface area contributed by atoms with Gasteiger partial charge in [-0.2, -0.15) is 5.10 Å². The average molecular weight is 182 g/mol. The Morgan fingerprint density at radius 3 is 2.85 bits per heavy atom. The minimum Gasteiger partial charge on any atom is -0.494 e. The van der Waals surface area contributed by atoms with Crippen molar-refractivity contribution in [2.45, 2.75) is 6.92 Å². The van der Waals surface area contributed by atoms with Crippen LogP contribution < -0.4 is 10.2 Å². The van der Waals surface area contributed by atoms with E-state index in [0.29, 0.717) is 5.69 Å². The Morgan fingerprint density at radius 1 is 1.54 bits per heavy atom. The lowest BCUT2D eigenvalue weighted by Crippen LogP contribution is -1.92. The molecule has 1 rings (SSSR count). The summed E-state index contributed by atoms with van der Waals surface area (Å²) in [7, 11) is 1.43. The van der Waals surface area contributed by atoms with Crippen LogP contribution in [0.15, 0.2) is 23.3 Å². The Hall–Kier alpha value is -1.58. The number of methoxy groups -OCH3 is 1. The smallest absolute Gasteiger partial charge is 0.167 e. The highest BCUT2D eigenvalue weighted by Crippen LogP contribution is 2.20. The SMILES string of the molecule is CC=NNc1ccc(OC)c(F)c1. The first-order chi connectivity index (χ1) is 6.27. The van der Waals surface area contributed by atoms with Gasteiger partial charge in [-0.15, -0.1) is 0 Å². The fraction of sp³-hybridized carbons (Fsp3) is 0.222. The van der Waals surface area contributed by atoms with Gasteiger partial charge in [-0.1, -0.05) is 0 Å². The van der Waals surface area contributed by atoms with Gasteiger partial charge in [-0.05, 0) is 19.1 Å². The Kier molecular flexibility index (Phi) is 3.25. The van der Waals surface area contributed by atoms with Crippen LogP contribution in [0.1, 0.15) is 6.92 Å². The van der Waals surface area contributed by atoms with E-state index in [1.54, 1.807) is 25.3 Å². The van der Waals surface area contributed by atoms with E-state index in [2.05, 4.69) is 10.5 Å². The largest absolute Gasteiger partial charge is 0.494 e. The molecule has 0 aliphatic heterocycles. The molecule has 0 aliphatic rings. The quantitative estimate of drug-likeness (QED) is 0.574. The zero-order valence-corrected chi connectivity index (χ0v) is 7.54. The van der Waals surface area contributed by atoms with E-state index in [1.807, 2.05) is 0 Å². The van der Waals surface area contributed by atoms with Crippen molar-refractivity contribution in [2.24, 2.45) is 5.10 Å². The minimum atomic E-state index is -0.404. The van der Waals surface area contributed by atoms with Crippen LogP contribution in [0.5, 0.6) is 5.75 Å². The molecule has 0 radical (unpaired) electrons. The molecule has 0 atom stereocenters. The Bertz CT molecular complexity index is 312. The van der Waals surface area contributed by atoms with Gasteiger partial charge in [0, 0.05) is 12.3 Å². The molecule has 0 unspecified atom stereocenters. The highest BCUT2D eigenvalue weighted by atomic mass is 19.1. The van der Waals surface area contributed by atoms with Crippen LogP contribution in [-0.2, 0) is 0 Å². The molecule has 0 saturated carbocycles. The summed E-state index contributed by atoms with van der Waals surface area (Å²) in [5.74, 6) is -0.176. The highest BCUT2D eigenvalue weighted by Gasteiger charge is 2.01. The number of hydrogen-bond donors (Lipinski definition) is 1. The van der Waals surface area contributed by atoms with E-state index in [9.17, 15) is 4.39 Å². The van der Waals surface area contributed by atoms with E-state index >= 15 is 0 Å². The summed E-state index contributed by atoms with van der Waals surface area (Å²) in [5.41, 5.74) is 3.25. The van der Waals surface area contributed by atoms with Gasteiger partial charge in [0.25, 0.3) is 0 Å². The summed E-state index contributed by atoms with van der Waals surface area (Å²) in [4.78, 5) is 0. The second-order valence-corrected chi connectivity index (χ2v) is 2.35. The van der Waals surface area contributed by atoms with Crippen molar-refractivity contribution < 1.29 is 9.13 Å². The number of hydrogen-bond acceptors (Lipinski definition) is 3. The van der Waals surface area contributed by atoms with Gasteiger partial charge in [-0.25, -0.2) is 4.39 Å². The zero-order chi connectivity index (χ0) is 9.68. The first-order valence-electron chi connectivity index (χ1n) is 3.85. The molecular weight excluding hydrogens is 171 g/mol. The van der Waals surface area contributed by atoms with Crippen molar-refractivity contribution in [3.05, 3.63) is 24.0 Å². The molecule has 0 aliphatic carbocycles. The first kappa shape index (κ1) is 9.51. The molecule has 0 aromatic heterocycles. The van der Waals surface area contributed by atoms with Crippen LogP contribution in [0.3, 0.4) is 0 Å². The van der Waals surface area contributed by atoms with Crippen LogP contribution in [-0.4, -0.2) is 13.3 Å². The Balaban J connectivity index is 2.83. The molecule has 1 N–H and O–H groups in total. The molecule has 1 aromatic carbocycles. The van der Waals surface area contributed by atoms with Crippen molar-refractivity contribution in [2.75, 3.05) is 12.5 Å². The van der Waals surface area contributed by atoms with Crippen LogP contribution in [0, 0.1) is 5.82 Å². The maximum absolute atomic E-state index is 13.1. The lowest BCUT2D eigenvalue weighted by Gasteiger charge is -2.03. The fourth-order valence-corrected chi connectivity index (χ4v) is 0.875. The van der Waals surface area contributed by atoms with Gasteiger partial charge < -0.3 is 4.74 Å². The molecule has 13 heavy (non-hydrogen) atoms. The number of nitrogens with one attached hydrogen (secondary N) is 1. The molecular formula is C9H11FN2O. The maximum Gasteiger partial charge on any atom is 0.167 e. The normalized spacial score (nSPS) is 10.4. The Labute approximate surface area is 76.2 Å². The summed E-state index contributed by atoms with van der Waals surface area (Å²) in [6.45, 7) is 1.77. The van der Waals surface area contributed by atoms with Crippen molar-refractivity contribution in [1.82, 2.24) is 0 Å². The topological polar surface area (TPSA) is 33.6 Å². The van der Waals surface area contributed by atoms with E-state index in [-0.39, 0.29) is 5.75 Å². The van der Waals surface area contributed by atoms with Gasteiger partial charge >= 0.3 is 0 Å². The molecule has 0 heterocycles. The van der Waals surface area contributed by atoms with Crippen molar-refractivity contribution in [3.8, 4) is 5.75 Å². The number of hydrazone groups is 1. The summed E-state index contributed by atoms with van der Waals surface area (Å²) < 4.78 is 17.8. The lowest BCUT2D eigenvalue weighted by molar-refractivity contribution is 0.386. The number of anilines is 1. The molecule has 3 nitrogen and oxygen atoms in total. The van der Waals surface area contributed by atoms with E-state index in [4.69, 9.17) is 4.74 Å². The van der Waals surface area contributed by atoms with Gasteiger partial charge in [0.05, 0.1) is 12.8 Å². The predicted molar refractivity (Wildman–Crippen MR) is 50.7 cm³/mol. The van der Waals surface area contributed by atoms with Crippen molar-refractivity contribution in [3.63, 3.8) is 0 Å². The molecule has 0 fully saturated rings. The molecule has 0 saturated heterocycles. The lowest BCUT2D eigenvalue weighted by atomic mass is 10.3. The van der Waals surface area contributed by atoms with E-state index in [0.717, 1.165) is 0 Å². The van der Waals surface area contributed by atoms with Crippen LogP contribution in [0.4, 0.5) is 10.1 Å². The van der Waals surface area contributed by atoms with Gasteiger partial charge in [0.15, 0.2) is 11.6 Å². The summed E-state index contributed by atoms with van der Waals surface area (Å²) in [6, 6.07) is 4.56. The Morgan fingerprint density at radius 2 is 2.31 bits per heavy atom. The predicted octanol–water partition coefficient (Wildman–Crippen LogP) is 2.25. The van der Waals surface area contributed by atoms with E-state index < -0.39 is 5.82 Å². The molecule has 70 valence electrons. The zero-order valence-electron chi connectivity index (χ0n) is 7.54. The summed E-state index contributed by atoms with van der Waals surface area (Å²) in [6.07, 6.45) is 1.59. The number of nitrogens with zero attached hydrogens (tertiary/aromatic N) is 1. The van der Waals surface area contributed by atoms with Gasteiger partial charge in [-0.3, -0.25) is 5.43 Å². The molecule has 1 aromatic rings. The van der Waals surface area contributed by atoms with E-state index in [1.165, 1.54) is 13.2 Å². The van der Waals surface area contributed by atoms with Crippen molar-refractivity contribution >= 4 is 11.9 Å².